The van der Waals surface area contributed by atoms with Crippen molar-refractivity contribution in [1.82, 2.24) is 0 Å². The second-order valence-electron chi connectivity index (χ2n) is 24.1. The SMILES string of the molecule is CC/C=C\C/C=C\C/C=C\C/C=C\C/C=C\CC(=O)OC(COC(=O)CCCCCCC/C=C\C/C=C\CCCCC)COC(=O)CCCCCCCCCCCCCCCCCCCCCCCCCCCCCCCCCCCCC. The van der Waals surface area contributed by atoms with Crippen molar-refractivity contribution in [2.24, 2.45) is 0 Å². The molecule has 0 radical (unpaired) electrons. The van der Waals surface area contributed by atoms with Crippen LogP contribution in [0.25, 0.3) is 0 Å². The van der Waals surface area contributed by atoms with E-state index in [1.165, 1.54) is 231 Å². The van der Waals surface area contributed by atoms with Crippen LogP contribution in [0.15, 0.2) is 85.1 Å². The molecular weight excluding hydrogens is 1020 g/mol. The highest BCUT2D eigenvalue weighted by Crippen LogP contribution is 2.18. The van der Waals surface area contributed by atoms with Crippen LogP contribution in [0.3, 0.4) is 0 Å². The van der Waals surface area contributed by atoms with Gasteiger partial charge in [-0.3, -0.25) is 14.4 Å². The molecule has 6 nitrogen and oxygen atoms in total. The van der Waals surface area contributed by atoms with Crippen molar-refractivity contribution < 1.29 is 28.6 Å². The molecule has 0 saturated heterocycles. The van der Waals surface area contributed by atoms with E-state index in [0.717, 1.165) is 96.3 Å². The van der Waals surface area contributed by atoms with Crippen LogP contribution in [0, 0.1) is 0 Å². The third-order valence-electron chi connectivity index (χ3n) is 15.9. The van der Waals surface area contributed by atoms with Crippen LogP contribution in [-0.4, -0.2) is 37.2 Å². The highest BCUT2D eigenvalue weighted by atomic mass is 16.6. The summed E-state index contributed by atoms with van der Waals surface area (Å²) in [5.74, 6) is -1.05. The maximum absolute atomic E-state index is 12.8. The van der Waals surface area contributed by atoms with Gasteiger partial charge in [0.1, 0.15) is 13.2 Å². The Morgan fingerprint density at radius 3 is 0.819 bits per heavy atom. The van der Waals surface area contributed by atoms with Gasteiger partial charge in [-0.15, -0.1) is 0 Å². The lowest BCUT2D eigenvalue weighted by molar-refractivity contribution is -0.166. The number of unbranched alkanes of at least 4 members (excludes halogenated alkanes) is 42. The Morgan fingerprint density at radius 2 is 0.506 bits per heavy atom. The van der Waals surface area contributed by atoms with Gasteiger partial charge < -0.3 is 14.2 Å². The van der Waals surface area contributed by atoms with Gasteiger partial charge >= 0.3 is 17.9 Å². The van der Waals surface area contributed by atoms with Crippen LogP contribution in [0.1, 0.15) is 367 Å². The van der Waals surface area contributed by atoms with Crippen LogP contribution in [0.2, 0.25) is 0 Å². The maximum atomic E-state index is 12.8. The Balaban J connectivity index is 4.14. The monoisotopic (exact) mass is 1160 g/mol. The number of allylic oxidation sites excluding steroid dienone is 13. The fraction of sp³-hybridized carbons (Fsp3) is 0.779. The Morgan fingerprint density at radius 1 is 0.265 bits per heavy atom. The molecule has 0 saturated carbocycles. The zero-order chi connectivity index (χ0) is 59.9. The highest BCUT2D eigenvalue weighted by molar-refractivity contribution is 5.72. The van der Waals surface area contributed by atoms with E-state index >= 15 is 0 Å². The molecule has 83 heavy (non-hydrogen) atoms. The van der Waals surface area contributed by atoms with Crippen LogP contribution >= 0.6 is 0 Å². The average molecular weight is 1160 g/mol. The van der Waals surface area contributed by atoms with Crippen LogP contribution < -0.4 is 0 Å². The van der Waals surface area contributed by atoms with E-state index in [9.17, 15) is 14.4 Å². The molecule has 0 heterocycles. The summed E-state index contributed by atoms with van der Waals surface area (Å²) in [6.07, 6.45) is 95.3. The summed E-state index contributed by atoms with van der Waals surface area (Å²) in [4.78, 5) is 38.3. The number of hydrogen-bond donors (Lipinski definition) is 0. The summed E-state index contributed by atoms with van der Waals surface area (Å²) in [6.45, 7) is 6.45. The standard InChI is InChI=1S/C77H136O6/c1-4-7-10-13-16-19-22-25-28-29-30-31-32-33-34-35-36-37-38-39-40-41-42-43-44-45-46-47-50-52-55-58-61-64-67-70-76(79)82-73-74(83-77(80)71-68-65-62-59-56-53-49-27-24-21-18-15-12-9-6-3)72-81-75(78)69-66-63-60-57-54-51-48-26-23-20-17-14-11-8-5-2/h9,12,17-18,20-21,26-27,48-49,56,59,65,68,74H,4-8,10-11,13-16,19,22-25,28-47,50-55,57-58,60-64,66-67,69-73H2,1-3H3/b12-9-,20-17-,21-18-,48-26-,49-27-,59-56-,68-65-. The maximum Gasteiger partial charge on any atom is 0.310 e. The molecule has 0 aliphatic carbocycles. The van der Waals surface area contributed by atoms with Crippen molar-refractivity contribution in [3.05, 3.63) is 85.1 Å². The van der Waals surface area contributed by atoms with Crippen molar-refractivity contribution in [2.75, 3.05) is 13.2 Å². The predicted molar refractivity (Wildman–Crippen MR) is 362 cm³/mol. The first-order valence-electron chi connectivity index (χ1n) is 36.1. The van der Waals surface area contributed by atoms with Gasteiger partial charge in [-0.25, -0.2) is 0 Å². The summed E-state index contributed by atoms with van der Waals surface area (Å²) in [7, 11) is 0. The lowest BCUT2D eigenvalue weighted by Gasteiger charge is -2.18. The van der Waals surface area contributed by atoms with E-state index in [1.807, 2.05) is 6.08 Å². The van der Waals surface area contributed by atoms with E-state index in [2.05, 4.69) is 93.7 Å². The molecule has 0 aromatic carbocycles. The largest absolute Gasteiger partial charge is 0.462 e. The molecule has 0 amide bonds. The molecule has 0 aromatic heterocycles. The van der Waals surface area contributed by atoms with Crippen LogP contribution in [0.4, 0.5) is 0 Å². The van der Waals surface area contributed by atoms with E-state index in [0.29, 0.717) is 12.8 Å². The molecule has 480 valence electrons. The van der Waals surface area contributed by atoms with Gasteiger partial charge in [0.15, 0.2) is 6.10 Å². The molecule has 0 spiro atoms. The smallest absolute Gasteiger partial charge is 0.310 e. The molecule has 1 unspecified atom stereocenters. The highest BCUT2D eigenvalue weighted by Gasteiger charge is 2.19. The van der Waals surface area contributed by atoms with E-state index in [1.54, 1.807) is 6.08 Å². The summed E-state index contributed by atoms with van der Waals surface area (Å²) < 4.78 is 16.8. The fourth-order valence-electron chi connectivity index (χ4n) is 10.6. The Labute approximate surface area is 515 Å². The summed E-state index contributed by atoms with van der Waals surface area (Å²) in [5.41, 5.74) is 0. The van der Waals surface area contributed by atoms with Gasteiger partial charge in [-0.2, -0.15) is 0 Å². The molecular formula is C77H136O6. The number of hydrogen-bond acceptors (Lipinski definition) is 6. The van der Waals surface area contributed by atoms with Gasteiger partial charge in [0, 0.05) is 12.8 Å². The second-order valence-corrected chi connectivity index (χ2v) is 24.1. The quantitative estimate of drug-likeness (QED) is 0.0261. The second kappa shape index (κ2) is 71.1. The Hall–Kier alpha value is -3.41. The predicted octanol–water partition coefficient (Wildman–Crippen LogP) is 25.0. The number of carbonyl (C=O) groups excluding carboxylic acids is 3. The topological polar surface area (TPSA) is 78.9 Å². The first kappa shape index (κ1) is 79.6. The number of esters is 3. The van der Waals surface area contributed by atoms with Crippen LogP contribution in [-0.2, 0) is 28.6 Å². The number of rotatable bonds is 66. The van der Waals surface area contributed by atoms with Crippen molar-refractivity contribution >= 4 is 17.9 Å². The fourth-order valence-corrected chi connectivity index (χ4v) is 10.6. The molecule has 0 N–H and O–H groups in total. The Kier molecular flexibility index (Phi) is 68.2. The van der Waals surface area contributed by atoms with E-state index in [-0.39, 0.29) is 31.6 Å². The van der Waals surface area contributed by atoms with Gasteiger partial charge in [0.2, 0.25) is 0 Å². The minimum atomic E-state index is -0.837. The van der Waals surface area contributed by atoms with Gasteiger partial charge in [-0.1, -0.05) is 356 Å². The van der Waals surface area contributed by atoms with Crippen molar-refractivity contribution in [1.29, 1.82) is 0 Å². The van der Waals surface area contributed by atoms with Crippen molar-refractivity contribution in [3.8, 4) is 0 Å². The zero-order valence-electron chi connectivity index (χ0n) is 55.2. The zero-order valence-corrected chi connectivity index (χ0v) is 55.2. The van der Waals surface area contributed by atoms with Gasteiger partial charge in [0.25, 0.3) is 0 Å². The van der Waals surface area contributed by atoms with Gasteiger partial charge in [-0.05, 0) is 77.0 Å². The van der Waals surface area contributed by atoms with Crippen LogP contribution in [0.5, 0.6) is 0 Å². The molecule has 0 rings (SSSR count). The molecule has 0 aliphatic heterocycles. The summed E-state index contributed by atoms with van der Waals surface area (Å²) >= 11 is 0. The first-order valence-corrected chi connectivity index (χ1v) is 36.1. The van der Waals surface area contributed by atoms with Crippen molar-refractivity contribution in [3.63, 3.8) is 0 Å². The first-order chi connectivity index (χ1) is 41.0. The summed E-state index contributed by atoms with van der Waals surface area (Å²) in [6, 6.07) is 0. The van der Waals surface area contributed by atoms with Crippen molar-refractivity contribution in [2.45, 2.75) is 374 Å². The number of ether oxygens (including phenoxy) is 3. The normalized spacial score (nSPS) is 12.6. The molecule has 1 atom stereocenters. The molecule has 0 bridgehead atoms. The third kappa shape index (κ3) is 69.3. The third-order valence-corrected chi connectivity index (χ3v) is 15.9. The minimum absolute atomic E-state index is 0.0949. The molecule has 6 heteroatoms. The number of carbonyl (C=O) groups is 3. The van der Waals surface area contributed by atoms with E-state index < -0.39 is 12.1 Å². The lowest BCUT2D eigenvalue weighted by Crippen LogP contribution is -2.30. The van der Waals surface area contributed by atoms with E-state index in [4.69, 9.17) is 14.2 Å². The Bertz CT molecular complexity index is 1570. The minimum Gasteiger partial charge on any atom is -0.462 e. The molecule has 0 aliphatic rings. The molecule has 0 aromatic rings. The molecule has 0 fully saturated rings. The average Bonchev–Trinajstić information content (AvgIpc) is 3.50. The van der Waals surface area contributed by atoms with Gasteiger partial charge in [0.05, 0.1) is 6.42 Å². The lowest BCUT2D eigenvalue weighted by atomic mass is 10.0. The summed E-state index contributed by atoms with van der Waals surface area (Å²) in [5, 5.41) is 0.